The highest BCUT2D eigenvalue weighted by atomic mass is 32.2. The molecule has 0 radical (unpaired) electrons. The lowest BCUT2D eigenvalue weighted by Gasteiger charge is -2.15. The van der Waals surface area contributed by atoms with Crippen molar-refractivity contribution in [2.45, 2.75) is 31.7 Å². The monoisotopic (exact) mass is 535 g/mol. The van der Waals surface area contributed by atoms with Crippen LogP contribution in [0.15, 0.2) is 47.4 Å². The van der Waals surface area contributed by atoms with Gasteiger partial charge in [0, 0.05) is 37.4 Å². The molecule has 0 unspecified atom stereocenters. The van der Waals surface area contributed by atoms with Gasteiger partial charge in [-0.15, -0.1) is 0 Å². The molecular formula is C23H26FN5O7S. The van der Waals surface area contributed by atoms with Gasteiger partial charge >= 0.3 is 0 Å². The Balaban J connectivity index is 2.18. The van der Waals surface area contributed by atoms with Gasteiger partial charge in [0.05, 0.1) is 17.2 Å². The maximum Gasteiger partial charge on any atom is 0.272 e. The van der Waals surface area contributed by atoms with Crippen LogP contribution in [-0.2, 0) is 14.8 Å². The SMILES string of the molecule is COCCNC(=O)c1nn(-c2cccc(F)c2)c(Oc2ccc([N+](=O)[O-])cc2S(=O)(=O)NC(C)C)c1C. The van der Waals surface area contributed by atoms with Gasteiger partial charge in [0.15, 0.2) is 5.69 Å². The quantitative estimate of drug-likeness (QED) is 0.216. The summed E-state index contributed by atoms with van der Waals surface area (Å²) < 4.78 is 54.4. The lowest BCUT2D eigenvalue weighted by Crippen LogP contribution is -2.30. The Kier molecular flexibility index (Phi) is 8.57. The molecule has 0 aliphatic rings. The van der Waals surface area contributed by atoms with Crippen LogP contribution in [0.3, 0.4) is 0 Å². The molecule has 0 aliphatic heterocycles. The number of ether oxygens (including phenoxy) is 2. The van der Waals surface area contributed by atoms with Crippen molar-refractivity contribution in [3.8, 4) is 17.3 Å². The Morgan fingerprint density at radius 2 is 1.97 bits per heavy atom. The molecule has 0 saturated carbocycles. The van der Waals surface area contributed by atoms with Gasteiger partial charge in [-0.25, -0.2) is 17.5 Å². The van der Waals surface area contributed by atoms with Crippen molar-refractivity contribution >= 4 is 21.6 Å². The zero-order valence-corrected chi connectivity index (χ0v) is 21.3. The maximum atomic E-state index is 14.0. The van der Waals surface area contributed by atoms with Crippen LogP contribution in [0.1, 0.15) is 29.9 Å². The van der Waals surface area contributed by atoms with Crippen molar-refractivity contribution in [1.82, 2.24) is 19.8 Å². The van der Waals surface area contributed by atoms with Crippen LogP contribution in [0, 0.1) is 22.9 Å². The summed E-state index contributed by atoms with van der Waals surface area (Å²) in [6.45, 7) is 5.16. The molecule has 0 spiro atoms. The number of nitrogens with one attached hydrogen (secondary N) is 2. The Hall–Kier alpha value is -3.88. The number of benzene rings is 2. The number of non-ortho nitro benzene ring substituents is 1. The van der Waals surface area contributed by atoms with Crippen LogP contribution in [0.5, 0.6) is 11.6 Å². The van der Waals surface area contributed by atoms with Gasteiger partial charge in [0.2, 0.25) is 15.9 Å². The number of nitro benzene ring substituents is 1. The molecule has 0 fully saturated rings. The number of aromatic nitrogens is 2. The van der Waals surface area contributed by atoms with Gasteiger partial charge in [-0.3, -0.25) is 14.9 Å². The van der Waals surface area contributed by atoms with Crippen molar-refractivity contribution in [3.63, 3.8) is 0 Å². The number of amides is 1. The molecule has 1 amide bonds. The van der Waals surface area contributed by atoms with Crippen LogP contribution < -0.4 is 14.8 Å². The van der Waals surface area contributed by atoms with Gasteiger partial charge < -0.3 is 14.8 Å². The van der Waals surface area contributed by atoms with Gasteiger partial charge in [-0.1, -0.05) is 6.07 Å². The summed E-state index contributed by atoms with van der Waals surface area (Å²) in [5.74, 6) is -1.49. The number of carbonyl (C=O) groups is 1. The molecule has 0 saturated heterocycles. The summed E-state index contributed by atoms with van der Waals surface area (Å²) in [6.07, 6.45) is 0. The molecule has 0 bridgehead atoms. The van der Waals surface area contributed by atoms with Gasteiger partial charge in [-0.05, 0) is 45.0 Å². The van der Waals surface area contributed by atoms with Crippen molar-refractivity contribution in [3.05, 3.63) is 69.7 Å². The number of rotatable bonds is 11. The van der Waals surface area contributed by atoms with E-state index in [1.165, 1.54) is 32.2 Å². The Morgan fingerprint density at radius 1 is 1.24 bits per heavy atom. The number of methoxy groups -OCH3 is 1. The van der Waals surface area contributed by atoms with E-state index in [4.69, 9.17) is 9.47 Å². The van der Waals surface area contributed by atoms with Gasteiger partial charge in [-0.2, -0.15) is 9.78 Å². The summed E-state index contributed by atoms with van der Waals surface area (Å²) in [5.41, 5.74) is -0.106. The van der Waals surface area contributed by atoms with E-state index in [0.717, 1.165) is 28.9 Å². The first-order chi connectivity index (χ1) is 17.4. The fraction of sp³-hybridized carbons (Fsp3) is 0.304. The first kappa shape index (κ1) is 27.7. The minimum atomic E-state index is -4.25. The summed E-state index contributed by atoms with van der Waals surface area (Å²) >= 11 is 0. The molecule has 2 aromatic carbocycles. The predicted molar refractivity (Wildman–Crippen MR) is 131 cm³/mol. The van der Waals surface area contributed by atoms with E-state index in [0.29, 0.717) is 0 Å². The second-order valence-electron chi connectivity index (χ2n) is 8.19. The van der Waals surface area contributed by atoms with E-state index in [1.807, 2.05) is 0 Å². The van der Waals surface area contributed by atoms with Crippen molar-refractivity contribution in [2.24, 2.45) is 0 Å². The highest BCUT2D eigenvalue weighted by Gasteiger charge is 2.28. The third-order valence-corrected chi connectivity index (χ3v) is 6.63. The minimum Gasteiger partial charge on any atom is -0.437 e. The number of halogens is 1. The average Bonchev–Trinajstić information content (AvgIpc) is 3.14. The molecule has 3 rings (SSSR count). The standard InChI is InChI=1S/C23H26FN5O7S/c1-14(2)27-37(33,34)20-13-18(29(31)32)8-9-19(20)36-23-15(3)21(22(30)25-10-11-35-4)26-28(23)17-7-5-6-16(24)12-17/h5-9,12-14,27H,10-11H2,1-4H3,(H,25,30). The van der Waals surface area contributed by atoms with E-state index in [1.54, 1.807) is 13.8 Å². The lowest BCUT2D eigenvalue weighted by atomic mass is 10.2. The maximum absolute atomic E-state index is 14.0. The minimum absolute atomic E-state index is 0.0537. The molecule has 3 aromatic rings. The van der Waals surface area contributed by atoms with Crippen LogP contribution >= 0.6 is 0 Å². The highest BCUT2D eigenvalue weighted by Crippen LogP contribution is 2.35. The van der Waals surface area contributed by atoms with E-state index in [2.05, 4.69) is 15.1 Å². The molecule has 12 nitrogen and oxygen atoms in total. The van der Waals surface area contributed by atoms with Crippen LogP contribution in [-0.4, -0.2) is 55.3 Å². The second kappa shape index (κ2) is 11.5. The number of hydrogen-bond donors (Lipinski definition) is 2. The smallest absolute Gasteiger partial charge is 0.272 e. The molecule has 0 aliphatic carbocycles. The summed E-state index contributed by atoms with van der Waals surface area (Å²) in [6, 6.07) is 7.89. The Morgan fingerprint density at radius 3 is 2.59 bits per heavy atom. The topological polar surface area (TPSA) is 155 Å². The zero-order chi connectivity index (χ0) is 27.3. The zero-order valence-electron chi connectivity index (χ0n) is 20.5. The fourth-order valence-electron chi connectivity index (χ4n) is 3.33. The van der Waals surface area contributed by atoms with Crippen molar-refractivity contribution in [2.75, 3.05) is 20.3 Å². The van der Waals surface area contributed by atoms with E-state index < -0.39 is 43.3 Å². The molecular weight excluding hydrogens is 509 g/mol. The van der Waals surface area contributed by atoms with Crippen molar-refractivity contribution in [1.29, 1.82) is 0 Å². The molecule has 2 N–H and O–H groups in total. The molecule has 1 heterocycles. The van der Waals surface area contributed by atoms with Gasteiger partial charge in [0.25, 0.3) is 11.6 Å². The first-order valence-electron chi connectivity index (χ1n) is 11.1. The highest BCUT2D eigenvalue weighted by molar-refractivity contribution is 7.89. The molecule has 14 heteroatoms. The third-order valence-electron chi connectivity index (χ3n) is 4.95. The summed E-state index contributed by atoms with van der Waals surface area (Å²) in [7, 11) is -2.77. The fourth-order valence-corrected chi connectivity index (χ4v) is 4.73. The van der Waals surface area contributed by atoms with Crippen molar-refractivity contribution < 1.29 is 32.0 Å². The average molecular weight is 536 g/mol. The lowest BCUT2D eigenvalue weighted by molar-refractivity contribution is -0.385. The third kappa shape index (κ3) is 6.47. The van der Waals surface area contributed by atoms with Crippen LogP contribution in [0.25, 0.3) is 5.69 Å². The number of sulfonamides is 1. The van der Waals surface area contributed by atoms with E-state index in [-0.39, 0.29) is 41.7 Å². The number of nitro groups is 1. The van der Waals surface area contributed by atoms with Crippen LogP contribution in [0.4, 0.5) is 10.1 Å². The van der Waals surface area contributed by atoms with Crippen LogP contribution in [0.2, 0.25) is 0 Å². The second-order valence-corrected chi connectivity index (χ2v) is 9.87. The normalized spacial score (nSPS) is 11.5. The Bertz CT molecular complexity index is 1420. The Labute approximate surface area is 212 Å². The largest absolute Gasteiger partial charge is 0.437 e. The number of hydrogen-bond acceptors (Lipinski definition) is 8. The van der Waals surface area contributed by atoms with E-state index in [9.17, 15) is 27.7 Å². The molecule has 0 atom stereocenters. The summed E-state index contributed by atoms with van der Waals surface area (Å²) in [4.78, 5) is 22.9. The molecule has 1 aromatic heterocycles. The predicted octanol–water partition coefficient (Wildman–Crippen LogP) is 3.08. The first-order valence-corrected chi connectivity index (χ1v) is 12.5. The number of carbonyl (C=O) groups excluding carboxylic acids is 1. The molecule has 37 heavy (non-hydrogen) atoms. The number of nitrogens with zero attached hydrogens (tertiary/aromatic N) is 3. The summed E-state index contributed by atoms with van der Waals surface area (Å²) in [5, 5.41) is 18.2. The molecule has 198 valence electrons. The van der Waals surface area contributed by atoms with Gasteiger partial charge in [0.1, 0.15) is 16.5 Å². The van der Waals surface area contributed by atoms with E-state index >= 15 is 0 Å².